The number of rotatable bonds is 5. The quantitative estimate of drug-likeness (QED) is 0.733. The maximum absolute atomic E-state index is 11.1. The van der Waals surface area contributed by atoms with Crippen LogP contribution in [-0.4, -0.2) is 29.1 Å². The molecule has 0 spiro atoms. The van der Waals surface area contributed by atoms with E-state index in [1.54, 1.807) is 0 Å². The second-order valence-corrected chi connectivity index (χ2v) is 4.31. The van der Waals surface area contributed by atoms with Gasteiger partial charge in [0.15, 0.2) is 5.82 Å². The molecule has 5 heteroatoms. The summed E-state index contributed by atoms with van der Waals surface area (Å²) in [6, 6.07) is 0. The third-order valence-electron chi connectivity index (χ3n) is 3.05. The zero-order chi connectivity index (χ0) is 12.1. The van der Waals surface area contributed by atoms with Crippen molar-refractivity contribution in [3.8, 4) is 0 Å². The molecule has 1 heterocycles. The SMILES string of the molecule is CCOCCc1noc(C2CCC(=O)CC2)n1. The molecular formula is C12H18N2O3. The average molecular weight is 238 g/mol. The lowest BCUT2D eigenvalue weighted by Gasteiger charge is -2.16. The zero-order valence-corrected chi connectivity index (χ0v) is 10.1. The summed E-state index contributed by atoms with van der Waals surface area (Å²) in [6.07, 6.45) is 3.64. The Kier molecular flexibility index (Phi) is 4.25. The summed E-state index contributed by atoms with van der Waals surface area (Å²) >= 11 is 0. The van der Waals surface area contributed by atoms with Crippen LogP contribution >= 0.6 is 0 Å². The van der Waals surface area contributed by atoms with Gasteiger partial charge in [0.05, 0.1) is 6.61 Å². The van der Waals surface area contributed by atoms with E-state index in [4.69, 9.17) is 9.26 Å². The minimum absolute atomic E-state index is 0.265. The van der Waals surface area contributed by atoms with Crippen LogP contribution in [0.3, 0.4) is 0 Å². The van der Waals surface area contributed by atoms with Gasteiger partial charge in [-0.25, -0.2) is 0 Å². The van der Waals surface area contributed by atoms with E-state index in [0.717, 1.165) is 12.8 Å². The van der Waals surface area contributed by atoms with Crippen molar-refractivity contribution in [2.75, 3.05) is 13.2 Å². The predicted molar refractivity (Wildman–Crippen MR) is 60.7 cm³/mol. The molecule has 1 aromatic heterocycles. The highest BCUT2D eigenvalue weighted by atomic mass is 16.5. The van der Waals surface area contributed by atoms with Crippen molar-refractivity contribution in [2.24, 2.45) is 0 Å². The number of carbonyl (C=O) groups is 1. The van der Waals surface area contributed by atoms with E-state index in [1.165, 1.54) is 0 Å². The third kappa shape index (κ3) is 3.36. The molecular weight excluding hydrogens is 220 g/mol. The second-order valence-electron chi connectivity index (χ2n) is 4.31. The van der Waals surface area contributed by atoms with Crippen molar-refractivity contribution in [2.45, 2.75) is 44.9 Å². The van der Waals surface area contributed by atoms with E-state index in [-0.39, 0.29) is 5.92 Å². The molecule has 0 saturated heterocycles. The van der Waals surface area contributed by atoms with Gasteiger partial charge < -0.3 is 9.26 Å². The van der Waals surface area contributed by atoms with Crippen molar-refractivity contribution in [1.82, 2.24) is 10.1 Å². The number of hydrogen-bond acceptors (Lipinski definition) is 5. The fourth-order valence-electron chi connectivity index (χ4n) is 2.03. The van der Waals surface area contributed by atoms with Gasteiger partial charge in [-0.3, -0.25) is 4.79 Å². The standard InChI is InChI=1S/C12H18N2O3/c1-2-16-8-7-11-13-12(17-14-11)9-3-5-10(15)6-4-9/h9H,2-8H2,1H3. The number of aromatic nitrogens is 2. The first-order chi connectivity index (χ1) is 8.29. The van der Waals surface area contributed by atoms with Crippen molar-refractivity contribution in [3.63, 3.8) is 0 Å². The van der Waals surface area contributed by atoms with Crippen LogP contribution in [0.5, 0.6) is 0 Å². The lowest BCUT2D eigenvalue weighted by atomic mass is 9.88. The largest absolute Gasteiger partial charge is 0.381 e. The Balaban J connectivity index is 1.87. The van der Waals surface area contributed by atoms with E-state index in [2.05, 4.69) is 10.1 Å². The minimum Gasteiger partial charge on any atom is -0.381 e. The maximum Gasteiger partial charge on any atom is 0.229 e. The molecule has 1 fully saturated rings. The molecule has 2 rings (SSSR count). The Bertz CT molecular complexity index is 366. The number of nitrogens with zero attached hydrogens (tertiary/aromatic N) is 2. The predicted octanol–water partition coefficient (Wildman–Crippen LogP) is 1.88. The van der Waals surface area contributed by atoms with E-state index in [9.17, 15) is 4.79 Å². The van der Waals surface area contributed by atoms with Crippen LogP contribution in [0.25, 0.3) is 0 Å². The van der Waals surface area contributed by atoms with Gasteiger partial charge in [-0.2, -0.15) is 4.98 Å². The Morgan fingerprint density at radius 3 is 2.88 bits per heavy atom. The molecule has 94 valence electrons. The van der Waals surface area contributed by atoms with E-state index in [1.807, 2.05) is 6.92 Å². The zero-order valence-electron chi connectivity index (χ0n) is 10.1. The van der Waals surface area contributed by atoms with Crippen LogP contribution in [0.15, 0.2) is 4.52 Å². The summed E-state index contributed by atoms with van der Waals surface area (Å²) < 4.78 is 10.5. The molecule has 17 heavy (non-hydrogen) atoms. The molecule has 5 nitrogen and oxygen atoms in total. The molecule has 0 aliphatic heterocycles. The highest BCUT2D eigenvalue weighted by Crippen LogP contribution is 2.29. The Hall–Kier alpha value is -1.23. The summed E-state index contributed by atoms with van der Waals surface area (Å²) in [5, 5.41) is 3.93. The molecule has 0 bridgehead atoms. The molecule has 0 N–H and O–H groups in total. The van der Waals surface area contributed by atoms with Gasteiger partial charge in [0.25, 0.3) is 0 Å². The number of ether oxygens (including phenoxy) is 1. The van der Waals surface area contributed by atoms with Crippen LogP contribution in [-0.2, 0) is 16.0 Å². The van der Waals surface area contributed by atoms with Gasteiger partial charge in [-0.15, -0.1) is 0 Å². The first kappa shape index (κ1) is 12.2. The first-order valence-electron chi connectivity index (χ1n) is 6.21. The number of Topliss-reactive ketones (excluding diaryl/α,β-unsaturated/α-hetero) is 1. The lowest BCUT2D eigenvalue weighted by molar-refractivity contribution is -0.120. The van der Waals surface area contributed by atoms with Crippen LogP contribution in [0, 0.1) is 0 Å². The molecule has 0 aromatic carbocycles. The lowest BCUT2D eigenvalue weighted by Crippen LogP contribution is -2.12. The number of hydrogen-bond donors (Lipinski definition) is 0. The summed E-state index contributed by atoms with van der Waals surface area (Å²) in [7, 11) is 0. The second kappa shape index (κ2) is 5.91. The monoisotopic (exact) mass is 238 g/mol. The topological polar surface area (TPSA) is 65.2 Å². The highest BCUT2D eigenvalue weighted by Gasteiger charge is 2.24. The summed E-state index contributed by atoms with van der Waals surface area (Å²) in [4.78, 5) is 15.5. The smallest absolute Gasteiger partial charge is 0.229 e. The summed E-state index contributed by atoms with van der Waals surface area (Å²) in [5.41, 5.74) is 0. The summed E-state index contributed by atoms with van der Waals surface area (Å²) in [6.45, 7) is 3.29. The first-order valence-corrected chi connectivity index (χ1v) is 6.21. The van der Waals surface area contributed by atoms with E-state index < -0.39 is 0 Å². The average Bonchev–Trinajstić information content (AvgIpc) is 2.79. The molecule has 1 aliphatic carbocycles. The van der Waals surface area contributed by atoms with Crippen LogP contribution in [0.4, 0.5) is 0 Å². The maximum atomic E-state index is 11.1. The van der Waals surface area contributed by atoms with Crippen molar-refractivity contribution >= 4 is 5.78 Å². The molecule has 0 amide bonds. The van der Waals surface area contributed by atoms with Crippen LogP contribution < -0.4 is 0 Å². The Morgan fingerprint density at radius 1 is 1.41 bits per heavy atom. The van der Waals surface area contributed by atoms with Gasteiger partial charge in [-0.05, 0) is 19.8 Å². The molecule has 0 atom stereocenters. The Morgan fingerprint density at radius 2 is 2.18 bits per heavy atom. The van der Waals surface area contributed by atoms with E-state index >= 15 is 0 Å². The Labute approximate surface area is 101 Å². The minimum atomic E-state index is 0.265. The van der Waals surface area contributed by atoms with Gasteiger partial charge in [0.1, 0.15) is 5.78 Å². The number of carbonyl (C=O) groups excluding carboxylic acids is 1. The molecule has 0 unspecified atom stereocenters. The normalized spacial score (nSPS) is 17.6. The fourth-order valence-corrected chi connectivity index (χ4v) is 2.03. The third-order valence-corrected chi connectivity index (χ3v) is 3.05. The summed E-state index contributed by atoms with van der Waals surface area (Å²) in [5.74, 6) is 1.99. The molecule has 1 aliphatic rings. The highest BCUT2D eigenvalue weighted by molar-refractivity contribution is 5.79. The molecule has 1 aromatic rings. The fraction of sp³-hybridized carbons (Fsp3) is 0.750. The van der Waals surface area contributed by atoms with Crippen LogP contribution in [0.2, 0.25) is 0 Å². The molecule has 0 radical (unpaired) electrons. The van der Waals surface area contributed by atoms with Crippen molar-refractivity contribution in [1.29, 1.82) is 0 Å². The van der Waals surface area contributed by atoms with Gasteiger partial charge in [0, 0.05) is 31.8 Å². The van der Waals surface area contributed by atoms with Gasteiger partial charge in [-0.1, -0.05) is 5.16 Å². The molecule has 1 saturated carbocycles. The van der Waals surface area contributed by atoms with E-state index in [0.29, 0.717) is 50.0 Å². The van der Waals surface area contributed by atoms with Crippen molar-refractivity contribution < 1.29 is 14.1 Å². The van der Waals surface area contributed by atoms with Gasteiger partial charge >= 0.3 is 0 Å². The van der Waals surface area contributed by atoms with Crippen LogP contribution in [0.1, 0.15) is 50.2 Å². The van der Waals surface area contributed by atoms with Gasteiger partial charge in [0.2, 0.25) is 5.89 Å². The van der Waals surface area contributed by atoms with Crippen molar-refractivity contribution in [3.05, 3.63) is 11.7 Å². The number of ketones is 1.